The van der Waals surface area contributed by atoms with Crippen molar-refractivity contribution in [2.75, 3.05) is 6.54 Å². The molecule has 0 spiro atoms. The maximum atomic E-state index is 3.85. The normalized spacial score (nSPS) is 24.7. The van der Waals surface area contributed by atoms with E-state index in [1.807, 2.05) is 0 Å². The maximum absolute atomic E-state index is 3.85. The van der Waals surface area contributed by atoms with Gasteiger partial charge in [-0.15, -0.1) is 11.8 Å². The first kappa shape index (κ1) is 13.5. The molecule has 2 aliphatic rings. The largest absolute Gasteiger partial charge is 0.313 e. The van der Waals surface area contributed by atoms with E-state index in [0.29, 0.717) is 0 Å². The third kappa shape index (κ3) is 3.76. The molecule has 1 N–H and O–H groups in total. The van der Waals surface area contributed by atoms with Crippen molar-refractivity contribution in [1.82, 2.24) is 5.32 Å². The van der Waals surface area contributed by atoms with Crippen molar-refractivity contribution >= 4 is 11.8 Å². The molecule has 1 aliphatic carbocycles. The Morgan fingerprint density at radius 3 is 2.53 bits per heavy atom. The lowest BCUT2D eigenvalue weighted by Crippen LogP contribution is -2.34. The Hall–Kier alpha value is -0.470. The fourth-order valence-electron chi connectivity index (χ4n) is 3.33. The van der Waals surface area contributed by atoms with Crippen molar-refractivity contribution < 1.29 is 0 Å². The molecular weight excluding hydrogens is 250 g/mol. The molecule has 0 saturated heterocycles. The molecule has 104 valence electrons. The van der Waals surface area contributed by atoms with E-state index in [1.165, 1.54) is 62.8 Å². The molecule has 0 bridgehead atoms. The Labute approximate surface area is 121 Å². The van der Waals surface area contributed by atoms with Crippen LogP contribution >= 0.6 is 11.8 Å². The number of fused-ring (bicyclic) bond motifs is 1. The second-order valence-corrected chi connectivity index (χ2v) is 7.34. The molecule has 1 aliphatic heterocycles. The summed E-state index contributed by atoms with van der Waals surface area (Å²) in [5, 5.41) is 4.60. The van der Waals surface area contributed by atoms with E-state index in [4.69, 9.17) is 0 Å². The molecular formula is C17H25NS. The molecule has 1 nitrogen and oxygen atoms in total. The maximum Gasteiger partial charge on any atom is 0.0260 e. The van der Waals surface area contributed by atoms with Gasteiger partial charge in [0.25, 0.3) is 0 Å². The van der Waals surface area contributed by atoms with Crippen LogP contribution in [0.4, 0.5) is 0 Å². The van der Waals surface area contributed by atoms with Crippen LogP contribution in [-0.4, -0.2) is 17.8 Å². The summed E-state index contributed by atoms with van der Waals surface area (Å²) >= 11 is 2.07. The van der Waals surface area contributed by atoms with Gasteiger partial charge in [0.05, 0.1) is 0 Å². The molecule has 0 aromatic heterocycles. The van der Waals surface area contributed by atoms with Gasteiger partial charge in [-0.3, -0.25) is 0 Å². The number of hydrogen-bond donors (Lipinski definition) is 1. The molecule has 1 unspecified atom stereocenters. The summed E-state index contributed by atoms with van der Waals surface area (Å²) < 4.78 is 0. The van der Waals surface area contributed by atoms with Gasteiger partial charge < -0.3 is 5.32 Å². The van der Waals surface area contributed by atoms with E-state index in [1.54, 1.807) is 5.56 Å². The highest BCUT2D eigenvalue weighted by Crippen LogP contribution is 2.36. The van der Waals surface area contributed by atoms with E-state index < -0.39 is 0 Å². The molecule has 1 aromatic carbocycles. The standard InChI is InChI=1S/C17H25NS/c1-2-4-9-15(10-5-3-1)18-13-16-12-14-8-6-7-11-17(14)19-16/h6-8,11,15-16,18H,1-5,9-10,12-13H2. The Kier molecular flexibility index (Phi) is 4.84. The van der Waals surface area contributed by atoms with Gasteiger partial charge in [-0.25, -0.2) is 0 Å². The van der Waals surface area contributed by atoms with Crippen LogP contribution < -0.4 is 5.32 Å². The van der Waals surface area contributed by atoms with Gasteiger partial charge >= 0.3 is 0 Å². The SMILES string of the molecule is c1ccc2c(c1)CC(CNC1CCCCCCC1)S2. The van der Waals surface area contributed by atoms with Crippen LogP contribution in [0.25, 0.3) is 0 Å². The van der Waals surface area contributed by atoms with Crippen LogP contribution in [0.5, 0.6) is 0 Å². The quantitative estimate of drug-likeness (QED) is 0.877. The number of benzene rings is 1. The highest BCUT2D eigenvalue weighted by molar-refractivity contribution is 8.00. The minimum absolute atomic E-state index is 0.753. The summed E-state index contributed by atoms with van der Waals surface area (Å²) in [4.78, 5) is 1.51. The first-order chi connectivity index (χ1) is 9.42. The van der Waals surface area contributed by atoms with Gasteiger partial charge in [0.2, 0.25) is 0 Å². The lowest BCUT2D eigenvalue weighted by Gasteiger charge is -2.22. The van der Waals surface area contributed by atoms with Crippen LogP contribution in [0.2, 0.25) is 0 Å². The third-order valence-corrected chi connectivity index (χ3v) is 5.77. The van der Waals surface area contributed by atoms with Gasteiger partial charge in [-0.2, -0.15) is 0 Å². The molecule has 1 aromatic rings. The summed E-state index contributed by atoms with van der Waals surface area (Å²) in [6.07, 6.45) is 11.2. The van der Waals surface area contributed by atoms with Crippen molar-refractivity contribution in [1.29, 1.82) is 0 Å². The zero-order valence-corrected chi connectivity index (χ0v) is 12.6. The van der Waals surface area contributed by atoms with E-state index >= 15 is 0 Å². The van der Waals surface area contributed by atoms with E-state index in [9.17, 15) is 0 Å². The molecule has 1 atom stereocenters. The number of nitrogens with one attached hydrogen (secondary N) is 1. The highest BCUT2D eigenvalue weighted by Gasteiger charge is 2.22. The predicted molar refractivity (Wildman–Crippen MR) is 83.9 cm³/mol. The molecule has 1 heterocycles. The van der Waals surface area contributed by atoms with Crippen molar-refractivity contribution in [3.63, 3.8) is 0 Å². The number of thioether (sulfide) groups is 1. The van der Waals surface area contributed by atoms with Crippen LogP contribution in [0.1, 0.15) is 50.5 Å². The Morgan fingerprint density at radius 2 is 1.74 bits per heavy atom. The van der Waals surface area contributed by atoms with Crippen LogP contribution in [0.3, 0.4) is 0 Å². The van der Waals surface area contributed by atoms with E-state index in [2.05, 4.69) is 41.3 Å². The monoisotopic (exact) mass is 275 g/mol. The summed E-state index contributed by atoms with van der Waals surface area (Å²) in [5.74, 6) is 0. The van der Waals surface area contributed by atoms with Crippen LogP contribution in [-0.2, 0) is 6.42 Å². The minimum atomic E-state index is 0.753. The molecule has 3 rings (SSSR count). The Morgan fingerprint density at radius 1 is 1.00 bits per heavy atom. The van der Waals surface area contributed by atoms with Gasteiger partial charge in [-0.1, -0.05) is 50.3 Å². The van der Waals surface area contributed by atoms with Gasteiger partial charge in [0, 0.05) is 22.7 Å². The van der Waals surface area contributed by atoms with E-state index in [0.717, 1.165) is 11.3 Å². The first-order valence-electron chi connectivity index (χ1n) is 7.90. The Balaban J connectivity index is 1.45. The lowest BCUT2D eigenvalue weighted by molar-refractivity contribution is 0.390. The summed E-state index contributed by atoms with van der Waals surface area (Å²) in [6.45, 7) is 1.18. The molecule has 1 fully saturated rings. The lowest BCUT2D eigenvalue weighted by atomic mass is 9.96. The van der Waals surface area contributed by atoms with Crippen LogP contribution in [0.15, 0.2) is 29.2 Å². The highest BCUT2D eigenvalue weighted by atomic mass is 32.2. The van der Waals surface area contributed by atoms with E-state index in [-0.39, 0.29) is 0 Å². The third-order valence-electron chi connectivity index (χ3n) is 4.45. The zero-order chi connectivity index (χ0) is 12.9. The molecule has 1 saturated carbocycles. The number of hydrogen-bond acceptors (Lipinski definition) is 2. The predicted octanol–water partition coefficient (Wildman–Crippen LogP) is 4.41. The number of rotatable bonds is 3. The zero-order valence-electron chi connectivity index (χ0n) is 11.7. The topological polar surface area (TPSA) is 12.0 Å². The fourth-order valence-corrected chi connectivity index (χ4v) is 4.59. The van der Waals surface area contributed by atoms with Crippen molar-refractivity contribution in [3.05, 3.63) is 29.8 Å². The smallest absolute Gasteiger partial charge is 0.0260 e. The van der Waals surface area contributed by atoms with Crippen molar-refractivity contribution in [3.8, 4) is 0 Å². The average molecular weight is 275 g/mol. The second-order valence-electron chi connectivity index (χ2n) is 6.00. The van der Waals surface area contributed by atoms with Gasteiger partial charge in [0.15, 0.2) is 0 Å². The van der Waals surface area contributed by atoms with Gasteiger partial charge in [-0.05, 0) is 30.9 Å². The van der Waals surface area contributed by atoms with Gasteiger partial charge in [0.1, 0.15) is 0 Å². The first-order valence-corrected chi connectivity index (χ1v) is 8.78. The summed E-state index contributed by atoms with van der Waals surface area (Å²) in [6, 6.07) is 9.68. The average Bonchev–Trinajstić information content (AvgIpc) is 2.80. The molecule has 0 amide bonds. The summed E-state index contributed by atoms with van der Waals surface area (Å²) in [5.41, 5.74) is 1.55. The molecule has 19 heavy (non-hydrogen) atoms. The molecule has 2 heteroatoms. The minimum Gasteiger partial charge on any atom is -0.313 e. The Bertz CT molecular complexity index is 371. The summed E-state index contributed by atoms with van der Waals surface area (Å²) in [7, 11) is 0. The molecule has 0 radical (unpaired) electrons. The van der Waals surface area contributed by atoms with Crippen molar-refractivity contribution in [2.45, 2.75) is 67.6 Å². The fraction of sp³-hybridized carbons (Fsp3) is 0.647. The van der Waals surface area contributed by atoms with Crippen LogP contribution in [0, 0.1) is 0 Å². The van der Waals surface area contributed by atoms with Crippen molar-refractivity contribution in [2.24, 2.45) is 0 Å². The second kappa shape index (κ2) is 6.81.